The number of hydrogen-bond donors (Lipinski definition) is 1. The highest BCUT2D eigenvalue weighted by Gasteiger charge is 2.22. The Morgan fingerprint density at radius 1 is 1.27 bits per heavy atom. The normalized spacial score (nSPS) is 16.9. The maximum absolute atomic E-state index is 13.8. The summed E-state index contributed by atoms with van der Waals surface area (Å²) in [5, 5.41) is 3.29. The standard InChI is InChI=1S/C17H15ClFNOS/c18-13-5-3-6-14(19)12(13)10-17(21)20-15-8-9-22-16-7-2-1-4-11(15)16/h1-7,15H,8-10H2,(H,20,21). The summed E-state index contributed by atoms with van der Waals surface area (Å²) in [7, 11) is 0. The summed E-state index contributed by atoms with van der Waals surface area (Å²) in [6.45, 7) is 0. The minimum absolute atomic E-state index is 0.0181. The molecule has 0 aromatic heterocycles. The molecule has 1 aliphatic heterocycles. The molecule has 1 atom stereocenters. The van der Waals surface area contributed by atoms with E-state index < -0.39 is 5.82 Å². The van der Waals surface area contributed by atoms with Crippen molar-refractivity contribution < 1.29 is 9.18 Å². The summed E-state index contributed by atoms with van der Waals surface area (Å²) < 4.78 is 13.8. The summed E-state index contributed by atoms with van der Waals surface area (Å²) in [4.78, 5) is 13.4. The molecule has 2 aromatic rings. The van der Waals surface area contributed by atoms with Crippen LogP contribution in [0, 0.1) is 5.82 Å². The van der Waals surface area contributed by atoms with Crippen molar-refractivity contribution in [2.45, 2.75) is 23.8 Å². The van der Waals surface area contributed by atoms with Gasteiger partial charge in [-0.1, -0.05) is 35.9 Å². The molecule has 1 heterocycles. The maximum atomic E-state index is 13.8. The minimum atomic E-state index is -0.442. The van der Waals surface area contributed by atoms with Crippen LogP contribution in [0.25, 0.3) is 0 Å². The highest BCUT2D eigenvalue weighted by atomic mass is 35.5. The highest BCUT2D eigenvalue weighted by molar-refractivity contribution is 7.99. The van der Waals surface area contributed by atoms with E-state index >= 15 is 0 Å². The fourth-order valence-electron chi connectivity index (χ4n) is 2.60. The summed E-state index contributed by atoms with van der Waals surface area (Å²) in [5.41, 5.74) is 1.38. The number of carbonyl (C=O) groups is 1. The van der Waals surface area contributed by atoms with E-state index in [0.717, 1.165) is 17.7 Å². The first-order chi connectivity index (χ1) is 10.6. The Bertz CT molecular complexity index is 687. The maximum Gasteiger partial charge on any atom is 0.225 e. The van der Waals surface area contributed by atoms with Crippen molar-refractivity contribution in [2.24, 2.45) is 0 Å². The SMILES string of the molecule is O=C(Cc1c(F)cccc1Cl)NC1CCSc2ccccc21. The quantitative estimate of drug-likeness (QED) is 0.902. The number of fused-ring (bicyclic) bond motifs is 1. The van der Waals surface area contributed by atoms with Crippen molar-refractivity contribution in [2.75, 3.05) is 5.75 Å². The van der Waals surface area contributed by atoms with Crippen molar-refractivity contribution in [3.05, 3.63) is 64.4 Å². The van der Waals surface area contributed by atoms with Gasteiger partial charge in [-0.15, -0.1) is 11.8 Å². The van der Waals surface area contributed by atoms with Crippen molar-refractivity contribution in [1.82, 2.24) is 5.32 Å². The Labute approximate surface area is 138 Å². The largest absolute Gasteiger partial charge is 0.349 e. The van der Waals surface area contributed by atoms with Crippen LogP contribution < -0.4 is 5.32 Å². The molecule has 22 heavy (non-hydrogen) atoms. The molecule has 0 aliphatic carbocycles. The van der Waals surface area contributed by atoms with E-state index in [2.05, 4.69) is 11.4 Å². The zero-order valence-corrected chi connectivity index (χ0v) is 13.4. The molecule has 1 N–H and O–H groups in total. The molecule has 0 bridgehead atoms. The summed E-state index contributed by atoms with van der Waals surface area (Å²) in [5.74, 6) is 0.309. The van der Waals surface area contributed by atoms with Gasteiger partial charge in [-0.2, -0.15) is 0 Å². The lowest BCUT2D eigenvalue weighted by atomic mass is 10.0. The molecule has 1 aliphatic rings. The Hall–Kier alpha value is -1.52. The van der Waals surface area contributed by atoms with Gasteiger partial charge in [0.2, 0.25) is 5.91 Å². The Balaban J connectivity index is 1.73. The second-order valence-corrected chi connectivity index (χ2v) is 6.72. The van der Waals surface area contributed by atoms with Gasteiger partial charge < -0.3 is 5.32 Å². The molecule has 0 saturated heterocycles. The van der Waals surface area contributed by atoms with Crippen LogP contribution in [0.1, 0.15) is 23.6 Å². The average Bonchev–Trinajstić information content (AvgIpc) is 2.51. The van der Waals surface area contributed by atoms with Gasteiger partial charge >= 0.3 is 0 Å². The fourth-order valence-corrected chi connectivity index (χ4v) is 3.95. The lowest BCUT2D eigenvalue weighted by Crippen LogP contribution is -2.32. The first-order valence-corrected chi connectivity index (χ1v) is 8.45. The molecule has 0 fully saturated rings. The zero-order chi connectivity index (χ0) is 15.5. The molecule has 0 radical (unpaired) electrons. The van der Waals surface area contributed by atoms with Crippen LogP contribution >= 0.6 is 23.4 Å². The fraction of sp³-hybridized carbons (Fsp3) is 0.235. The van der Waals surface area contributed by atoms with E-state index in [0.29, 0.717) is 0 Å². The molecule has 2 aromatic carbocycles. The minimum Gasteiger partial charge on any atom is -0.349 e. The number of thioether (sulfide) groups is 1. The average molecular weight is 336 g/mol. The number of nitrogens with one attached hydrogen (secondary N) is 1. The number of amides is 1. The van der Waals surface area contributed by atoms with E-state index in [9.17, 15) is 9.18 Å². The number of benzene rings is 2. The van der Waals surface area contributed by atoms with E-state index in [1.165, 1.54) is 17.0 Å². The predicted octanol–water partition coefficient (Wildman–Crippen LogP) is 4.37. The first-order valence-electron chi connectivity index (χ1n) is 7.09. The summed E-state index contributed by atoms with van der Waals surface area (Å²) in [6, 6.07) is 12.5. The number of rotatable bonds is 3. The van der Waals surface area contributed by atoms with Gasteiger partial charge in [-0.25, -0.2) is 4.39 Å². The van der Waals surface area contributed by atoms with Crippen molar-refractivity contribution in [1.29, 1.82) is 0 Å². The van der Waals surface area contributed by atoms with Crippen LogP contribution in [0.4, 0.5) is 4.39 Å². The number of hydrogen-bond acceptors (Lipinski definition) is 2. The zero-order valence-electron chi connectivity index (χ0n) is 11.8. The molecule has 2 nitrogen and oxygen atoms in total. The van der Waals surface area contributed by atoms with E-state index in [-0.39, 0.29) is 29.0 Å². The third-order valence-electron chi connectivity index (χ3n) is 3.69. The molecule has 3 rings (SSSR count). The van der Waals surface area contributed by atoms with E-state index in [1.54, 1.807) is 17.8 Å². The van der Waals surface area contributed by atoms with E-state index in [4.69, 9.17) is 11.6 Å². The molecule has 1 amide bonds. The number of halogens is 2. The monoisotopic (exact) mass is 335 g/mol. The van der Waals surface area contributed by atoms with Crippen molar-refractivity contribution in [3.63, 3.8) is 0 Å². The van der Waals surface area contributed by atoms with Gasteiger partial charge in [0.1, 0.15) is 5.82 Å². The van der Waals surface area contributed by atoms with Gasteiger partial charge in [0.05, 0.1) is 12.5 Å². The Morgan fingerprint density at radius 2 is 2.09 bits per heavy atom. The lowest BCUT2D eigenvalue weighted by Gasteiger charge is -2.26. The molecular formula is C17H15ClFNOS. The van der Waals surface area contributed by atoms with Gasteiger partial charge in [0.15, 0.2) is 0 Å². The number of carbonyl (C=O) groups excluding carboxylic acids is 1. The Morgan fingerprint density at radius 3 is 2.91 bits per heavy atom. The molecule has 1 unspecified atom stereocenters. The predicted molar refractivity (Wildman–Crippen MR) is 87.8 cm³/mol. The van der Waals surface area contributed by atoms with Gasteiger partial charge in [0, 0.05) is 21.2 Å². The van der Waals surface area contributed by atoms with Crippen molar-refractivity contribution >= 4 is 29.3 Å². The Kier molecular flexibility index (Phi) is 4.69. The molecule has 0 saturated carbocycles. The van der Waals surface area contributed by atoms with Gasteiger partial charge in [-0.3, -0.25) is 4.79 Å². The van der Waals surface area contributed by atoms with Crippen LogP contribution in [0.3, 0.4) is 0 Å². The van der Waals surface area contributed by atoms with Crippen LogP contribution in [0.5, 0.6) is 0 Å². The topological polar surface area (TPSA) is 29.1 Å². The van der Waals surface area contributed by atoms with Gasteiger partial charge in [0.25, 0.3) is 0 Å². The lowest BCUT2D eigenvalue weighted by molar-refractivity contribution is -0.121. The highest BCUT2D eigenvalue weighted by Crippen LogP contribution is 2.35. The summed E-state index contributed by atoms with van der Waals surface area (Å²) >= 11 is 7.77. The molecule has 5 heteroatoms. The summed E-state index contributed by atoms with van der Waals surface area (Å²) in [6.07, 6.45) is 0.829. The van der Waals surface area contributed by atoms with Crippen LogP contribution in [0.2, 0.25) is 5.02 Å². The van der Waals surface area contributed by atoms with Crippen LogP contribution in [0.15, 0.2) is 47.4 Å². The third kappa shape index (κ3) is 3.28. The third-order valence-corrected chi connectivity index (χ3v) is 5.17. The van der Waals surface area contributed by atoms with Crippen molar-refractivity contribution in [3.8, 4) is 0 Å². The second-order valence-electron chi connectivity index (χ2n) is 5.17. The molecular weight excluding hydrogens is 321 g/mol. The smallest absolute Gasteiger partial charge is 0.225 e. The molecule has 114 valence electrons. The second kappa shape index (κ2) is 6.71. The van der Waals surface area contributed by atoms with Gasteiger partial charge in [-0.05, 0) is 30.2 Å². The first kappa shape index (κ1) is 15.4. The van der Waals surface area contributed by atoms with Crippen LogP contribution in [-0.4, -0.2) is 11.7 Å². The van der Waals surface area contributed by atoms with Crippen LogP contribution in [-0.2, 0) is 11.2 Å². The van der Waals surface area contributed by atoms with E-state index in [1.807, 2.05) is 18.2 Å². The molecule has 0 spiro atoms.